The van der Waals surface area contributed by atoms with E-state index in [4.69, 9.17) is 21.1 Å². The first-order valence-corrected chi connectivity index (χ1v) is 8.74. The number of hydrogen-bond donors (Lipinski definition) is 1. The molecule has 0 saturated heterocycles. The van der Waals surface area contributed by atoms with Crippen LogP contribution in [0.1, 0.15) is 42.4 Å². The monoisotopic (exact) mass is 349 g/mol. The molecule has 2 heterocycles. The maximum Gasteiger partial charge on any atom is 0.179 e. The van der Waals surface area contributed by atoms with Crippen molar-refractivity contribution in [2.24, 2.45) is 0 Å². The largest absolute Gasteiger partial charge is 0.486 e. The van der Waals surface area contributed by atoms with Crippen molar-refractivity contribution >= 4 is 11.6 Å². The summed E-state index contributed by atoms with van der Waals surface area (Å²) in [6.07, 6.45) is 0. The van der Waals surface area contributed by atoms with Gasteiger partial charge in [-0.2, -0.15) is 5.10 Å². The average Bonchev–Trinajstić information content (AvgIpc) is 2.86. The molecule has 0 bridgehead atoms. The Morgan fingerprint density at radius 2 is 2.04 bits per heavy atom. The third-order valence-electron chi connectivity index (χ3n) is 4.44. The van der Waals surface area contributed by atoms with Gasteiger partial charge in [0.25, 0.3) is 0 Å². The second kappa shape index (κ2) is 7.03. The van der Waals surface area contributed by atoms with Gasteiger partial charge < -0.3 is 14.8 Å². The summed E-state index contributed by atoms with van der Waals surface area (Å²) in [5.74, 6) is 1.37. The van der Waals surface area contributed by atoms with Crippen LogP contribution in [0.4, 0.5) is 0 Å². The van der Waals surface area contributed by atoms with Crippen LogP contribution >= 0.6 is 11.6 Å². The van der Waals surface area contributed by atoms with Crippen LogP contribution in [0.25, 0.3) is 0 Å². The highest BCUT2D eigenvalue weighted by atomic mass is 35.5. The average molecular weight is 350 g/mol. The lowest BCUT2D eigenvalue weighted by atomic mass is 10.1. The first kappa shape index (κ1) is 17.1. The van der Waals surface area contributed by atoms with E-state index in [-0.39, 0.29) is 6.04 Å². The Bertz CT molecular complexity index is 742. The van der Waals surface area contributed by atoms with Gasteiger partial charge in [-0.3, -0.25) is 4.68 Å². The molecule has 1 N–H and O–H groups in total. The SMILES string of the molecule is CCn1nc(C)c(C(C)NCc2cc(Cl)c3c(c2)OCCO3)c1C. The third kappa shape index (κ3) is 3.23. The van der Waals surface area contributed by atoms with Crippen molar-refractivity contribution in [2.45, 2.75) is 46.8 Å². The van der Waals surface area contributed by atoms with Gasteiger partial charge in [0.05, 0.1) is 10.7 Å². The predicted molar refractivity (Wildman–Crippen MR) is 95.1 cm³/mol. The van der Waals surface area contributed by atoms with E-state index in [0.29, 0.717) is 30.5 Å². The van der Waals surface area contributed by atoms with E-state index in [0.717, 1.165) is 23.6 Å². The predicted octanol–water partition coefficient (Wildman–Crippen LogP) is 3.80. The smallest absolute Gasteiger partial charge is 0.179 e. The zero-order chi connectivity index (χ0) is 17.3. The molecule has 0 radical (unpaired) electrons. The fraction of sp³-hybridized carbons (Fsp3) is 0.500. The van der Waals surface area contributed by atoms with Crippen molar-refractivity contribution in [3.63, 3.8) is 0 Å². The number of ether oxygens (including phenoxy) is 2. The van der Waals surface area contributed by atoms with E-state index in [1.807, 2.05) is 16.8 Å². The molecule has 1 aromatic heterocycles. The Hall–Kier alpha value is -1.72. The number of benzene rings is 1. The van der Waals surface area contributed by atoms with Crippen molar-refractivity contribution < 1.29 is 9.47 Å². The molecule has 0 spiro atoms. The summed E-state index contributed by atoms with van der Waals surface area (Å²) < 4.78 is 13.2. The summed E-state index contributed by atoms with van der Waals surface area (Å²) in [6.45, 7) is 11.2. The number of aromatic nitrogens is 2. The van der Waals surface area contributed by atoms with Crippen LogP contribution in [-0.4, -0.2) is 23.0 Å². The van der Waals surface area contributed by atoms with Crippen molar-refractivity contribution in [1.29, 1.82) is 0 Å². The first-order chi connectivity index (χ1) is 11.5. The van der Waals surface area contributed by atoms with E-state index in [1.165, 1.54) is 11.3 Å². The molecule has 3 rings (SSSR count). The maximum absolute atomic E-state index is 6.31. The molecule has 0 fully saturated rings. The summed E-state index contributed by atoms with van der Waals surface area (Å²) >= 11 is 6.31. The molecule has 1 atom stereocenters. The van der Waals surface area contributed by atoms with Crippen LogP contribution in [0.2, 0.25) is 5.02 Å². The van der Waals surface area contributed by atoms with Gasteiger partial charge >= 0.3 is 0 Å². The number of nitrogens with zero attached hydrogens (tertiary/aromatic N) is 2. The van der Waals surface area contributed by atoms with Gasteiger partial charge in [-0.1, -0.05) is 11.6 Å². The Kier molecular flexibility index (Phi) is 5.01. The molecule has 1 unspecified atom stereocenters. The molecule has 1 aliphatic heterocycles. The van der Waals surface area contributed by atoms with Crippen LogP contribution in [0.15, 0.2) is 12.1 Å². The van der Waals surface area contributed by atoms with E-state index >= 15 is 0 Å². The number of halogens is 1. The Balaban J connectivity index is 1.74. The molecule has 1 aromatic carbocycles. The summed E-state index contributed by atoms with van der Waals surface area (Å²) in [5, 5.41) is 8.76. The van der Waals surface area contributed by atoms with Crippen LogP contribution < -0.4 is 14.8 Å². The molecule has 2 aromatic rings. The van der Waals surface area contributed by atoms with Crippen molar-refractivity contribution in [2.75, 3.05) is 13.2 Å². The number of fused-ring (bicyclic) bond motifs is 1. The molecule has 0 amide bonds. The fourth-order valence-corrected chi connectivity index (χ4v) is 3.57. The van der Waals surface area contributed by atoms with Gasteiger partial charge in [0.15, 0.2) is 11.5 Å². The molecule has 0 aliphatic carbocycles. The highest BCUT2D eigenvalue weighted by Crippen LogP contribution is 2.38. The minimum absolute atomic E-state index is 0.206. The zero-order valence-electron chi connectivity index (χ0n) is 14.6. The Morgan fingerprint density at radius 3 is 2.75 bits per heavy atom. The summed E-state index contributed by atoms with van der Waals surface area (Å²) in [4.78, 5) is 0. The van der Waals surface area contributed by atoms with E-state index in [1.54, 1.807) is 0 Å². The number of aryl methyl sites for hydroxylation is 2. The summed E-state index contributed by atoms with van der Waals surface area (Å²) in [5.41, 5.74) is 4.64. The lowest BCUT2D eigenvalue weighted by Gasteiger charge is -2.21. The second-order valence-corrected chi connectivity index (χ2v) is 6.51. The maximum atomic E-state index is 6.31. The Morgan fingerprint density at radius 1 is 1.29 bits per heavy atom. The molecule has 6 heteroatoms. The van der Waals surface area contributed by atoms with Crippen LogP contribution in [0.3, 0.4) is 0 Å². The van der Waals surface area contributed by atoms with Gasteiger partial charge in [-0.15, -0.1) is 0 Å². The molecule has 1 aliphatic rings. The number of rotatable bonds is 5. The summed E-state index contributed by atoms with van der Waals surface area (Å²) in [7, 11) is 0. The van der Waals surface area contributed by atoms with Crippen molar-refractivity contribution in [1.82, 2.24) is 15.1 Å². The highest BCUT2D eigenvalue weighted by Gasteiger charge is 2.19. The van der Waals surface area contributed by atoms with Crippen molar-refractivity contribution in [3.05, 3.63) is 39.7 Å². The minimum Gasteiger partial charge on any atom is -0.486 e. The van der Waals surface area contributed by atoms with Crippen LogP contribution in [0.5, 0.6) is 11.5 Å². The summed E-state index contributed by atoms with van der Waals surface area (Å²) in [6, 6.07) is 4.14. The number of nitrogens with one attached hydrogen (secondary N) is 1. The number of hydrogen-bond acceptors (Lipinski definition) is 4. The lowest BCUT2D eigenvalue weighted by Crippen LogP contribution is -2.20. The van der Waals surface area contributed by atoms with Gasteiger partial charge in [0, 0.05) is 30.4 Å². The van der Waals surface area contributed by atoms with Crippen molar-refractivity contribution in [3.8, 4) is 11.5 Å². The minimum atomic E-state index is 0.206. The molecule has 24 heavy (non-hydrogen) atoms. The van der Waals surface area contributed by atoms with Gasteiger partial charge in [0.2, 0.25) is 0 Å². The third-order valence-corrected chi connectivity index (χ3v) is 4.72. The molecular weight excluding hydrogens is 326 g/mol. The fourth-order valence-electron chi connectivity index (χ4n) is 3.28. The molecule has 5 nitrogen and oxygen atoms in total. The molecule has 130 valence electrons. The van der Waals surface area contributed by atoms with Gasteiger partial charge in [0.1, 0.15) is 13.2 Å². The lowest BCUT2D eigenvalue weighted by molar-refractivity contribution is 0.171. The zero-order valence-corrected chi connectivity index (χ0v) is 15.4. The molecule has 0 saturated carbocycles. The van der Waals surface area contributed by atoms with Gasteiger partial charge in [-0.05, 0) is 45.4 Å². The van der Waals surface area contributed by atoms with E-state index in [9.17, 15) is 0 Å². The van der Waals surface area contributed by atoms with Crippen LogP contribution in [-0.2, 0) is 13.1 Å². The van der Waals surface area contributed by atoms with Crippen LogP contribution in [0, 0.1) is 13.8 Å². The van der Waals surface area contributed by atoms with E-state index in [2.05, 4.69) is 38.1 Å². The second-order valence-electron chi connectivity index (χ2n) is 6.10. The topological polar surface area (TPSA) is 48.3 Å². The highest BCUT2D eigenvalue weighted by molar-refractivity contribution is 6.32. The first-order valence-electron chi connectivity index (χ1n) is 8.36. The van der Waals surface area contributed by atoms with E-state index < -0.39 is 0 Å². The molecular formula is C18H24ClN3O2. The normalized spacial score (nSPS) is 14.7. The standard InChI is InChI=1S/C18H24ClN3O2/c1-5-22-13(4)17(12(3)21-22)11(2)20-10-14-8-15(19)18-16(9-14)23-6-7-24-18/h8-9,11,20H,5-7,10H2,1-4H3. The Labute approximate surface area is 147 Å². The quantitative estimate of drug-likeness (QED) is 0.892. The van der Waals surface area contributed by atoms with Gasteiger partial charge in [-0.25, -0.2) is 0 Å².